The first-order valence-electron chi connectivity index (χ1n) is 5.15. The fourth-order valence-corrected chi connectivity index (χ4v) is 2.30. The van der Waals surface area contributed by atoms with E-state index in [1.807, 2.05) is 6.26 Å². The Kier molecular flexibility index (Phi) is 4.22. The van der Waals surface area contributed by atoms with E-state index in [-0.39, 0.29) is 0 Å². The van der Waals surface area contributed by atoms with Gasteiger partial charge in [-0.25, -0.2) is 14.4 Å². The van der Waals surface area contributed by atoms with Crippen LogP contribution in [0.5, 0.6) is 0 Å². The summed E-state index contributed by atoms with van der Waals surface area (Å²) in [5, 5.41) is 4.14. The molecule has 1 aliphatic rings. The average molecular weight is 273 g/mol. The van der Waals surface area contributed by atoms with Crippen molar-refractivity contribution in [1.29, 1.82) is 0 Å². The van der Waals surface area contributed by atoms with Gasteiger partial charge >= 0.3 is 0 Å². The summed E-state index contributed by atoms with van der Waals surface area (Å²) in [7, 11) is 0. The highest BCUT2D eigenvalue weighted by Crippen LogP contribution is 2.30. The number of aldehydes is 1. The predicted molar refractivity (Wildman–Crippen MR) is 67.7 cm³/mol. The molecule has 7 heteroatoms. The molecule has 0 bridgehead atoms. The van der Waals surface area contributed by atoms with Gasteiger partial charge in [-0.3, -0.25) is 4.79 Å². The number of halogens is 1. The monoisotopic (exact) mass is 273 g/mol. The van der Waals surface area contributed by atoms with Crippen molar-refractivity contribution in [2.75, 3.05) is 17.6 Å². The molecule has 1 aromatic rings. The van der Waals surface area contributed by atoms with Crippen LogP contribution >= 0.6 is 23.5 Å². The normalized spacial score (nSPS) is 14.7. The van der Waals surface area contributed by atoms with E-state index in [1.54, 1.807) is 0 Å². The zero-order valence-electron chi connectivity index (χ0n) is 9.27. The van der Waals surface area contributed by atoms with Gasteiger partial charge in [-0.05, 0) is 19.1 Å². The van der Waals surface area contributed by atoms with E-state index in [0.29, 0.717) is 33.9 Å². The first-order chi connectivity index (χ1) is 8.28. The van der Waals surface area contributed by atoms with Gasteiger partial charge in [0.1, 0.15) is 16.9 Å². The van der Waals surface area contributed by atoms with Crippen LogP contribution in [0.25, 0.3) is 0 Å². The Hall–Kier alpha value is -0.820. The molecular weight excluding hydrogens is 261 g/mol. The highest BCUT2D eigenvalue weighted by atomic mass is 32.2. The van der Waals surface area contributed by atoms with E-state index in [9.17, 15) is 9.18 Å². The van der Waals surface area contributed by atoms with Crippen LogP contribution < -0.4 is 5.32 Å². The molecule has 0 amide bonds. The highest BCUT2D eigenvalue weighted by Gasteiger charge is 2.24. The third-order valence-corrected chi connectivity index (χ3v) is 3.54. The number of nitrogens with one attached hydrogen (secondary N) is 1. The Morgan fingerprint density at radius 1 is 1.53 bits per heavy atom. The minimum Gasteiger partial charge on any atom is -0.367 e. The van der Waals surface area contributed by atoms with Gasteiger partial charge in [-0.2, -0.15) is 0 Å². The summed E-state index contributed by atoms with van der Waals surface area (Å²) >= 11 is 2.29. The molecule has 92 valence electrons. The molecule has 0 unspecified atom stereocenters. The Balaban J connectivity index is 2.37. The van der Waals surface area contributed by atoms with Gasteiger partial charge < -0.3 is 5.32 Å². The van der Waals surface area contributed by atoms with Crippen LogP contribution in [-0.4, -0.2) is 34.6 Å². The quantitative estimate of drug-likeness (QED) is 0.372. The van der Waals surface area contributed by atoms with Crippen LogP contribution in [-0.2, 0) is 0 Å². The fraction of sp³-hybridized carbons (Fsp3) is 0.500. The van der Waals surface area contributed by atoms with Crippen molar-refractivity contribution in [1.82, 2.24) is 9.97 Å². The lowest BCUT2D eigenvalue weighted by atomic mass is 10.3. The smallest absolute Gasteiger partial charge is 0.190 e. The number of alkyl halides is 1. The van der Waals surface area contributed by atoms with Gasteiger partial charge in [-0.1, -0.05) is 23.5 Å². The number of thioether (sulfide) groups is 2. The molecule has 1 aliphatic carbocycles. The summed E-state index contributed by atoms with van der Waals surface area (Å²) in [6.45, 7) is 0. The Bertz CT molecular complexity index is 426. The van der Waals surface area contributed by atoms with Gasteiger partial charge in [0, 0.05) is 6.04 Å². The highest BCUT2D eigenvalue weighted by molar-refractivity contribution is 7.99. The second-order valence-electron chi connectivity index (χ2n) is 3.57. The molecule has 4 nitrogen and oxygen atoms in total. The first-order valence-corrected chi connectivity index (χ1v) is 7.36. The molecule has 1 saturated carbocycles. The lowest BCUT2D eigenvalue weighted by Gasteiger charge is -2.10. The number of hydrogen-bond acceptors (Lipinski definition) is 6. The molecule has 2 rings (SSSR count). The minimum absolute atomic E-state index is 0.359. The molecule has 1 fully saturated rings. The number of aromatic nitrogens is 2. The molecule has 0 saturated heterocycles. The van der Waals surface area contributed by atoms with Crippen molar-refractivity contribution >= 4 is 35.6 Å². The number of nitrogens with zero attached hydrogens (tertiary/aromatic N) is 2. The summed E-state index contributed by atoms with van der Waals surface area (Å²) in [5.74, 6) is 0.526. The van der Waals surface area contributed by atoms with Crippen molar-refractivity contribution in [3.05, 3.63) is 5.56 Å². The first kappa shape index (κ1) is 12.6. The topological polar surface area (TPSA) is 54.9 Å². The van der Waals surface area contributed by atoms with Crippen molar-refractivity contribution in [2.24, 2.45) is 0 Å². The van der Waals surface area contributed by atoms with E-state index in [4.69, 9.17) is 0 Å². The predicted octanol–water partition coefficient (Wildman–Crippen LogP) is 2.60. The Labute approximate surface area is 107 Å². The van der Waals surface area contributed by atoms with Crippen LogP contribution in [0.3, 0.4) is 0 Å². The molecule has 0 aromatic carbocycles. The van der Waals surface area contributed by atoms with Gasteiger partial charge in [0.25, 0.3) is 0 Å². The lowest BCUT2D eigenvalue weighted by molar-refractivity contribution is 0.112. The molecule has 0 radical (unpaired) electrons. The number of carbonyl (C=O) groups is 1. The number of rotatable bonds is 6. The van der Waals surface area contributed by atoms with Crippen molar-refractivity contribution in [3.8, 4) is 0 Å². The summed E-state index contributed by atoms with van der Waals surface area (Å²) in [5.41, 5.74) is 0.359. The standard InChI is InChI=1S/C10H12FN3OS2/c1-16-10-13-8(12-6-2-3-6)7(4-15)9(14-10)17-5-11/h4,6H,2-3,5H2,1H3,(H,12,13,14). The maximum absolute atomic E-state index is 12.4. The van der Waals surface area contributed by atoms with Crippen LogP contribution in [0, 0.1) is 0 Å². The van der Waals surface area contributed by atoms with Gasteiger partial charge in [0.15, 0.2) is 11.4 Å². The number of carbonyl (C=O) groups excluding carboxylic acids is 1. The summed E-state index contributed by atoms with van der Waals surface area (Å²) < 4.78 is 12.4. The third-order valence-electron chi connectivity index (χ3n) is 2.30. The molecule has 1 N–H and O–H groups in total. The van der Waals surface area contributed by atoms with E-state index in [2.05, 4.69) is 15.3 Å². The molecule has 0 spiro atoms. The average Bonchev–Trinajstić information content (AvgIpc) is 3.13. The summed E-state index contributed by atoms with van der Waals surface area (Å²) in [6.07, 6.45) is 4.71. The maximum Gasteiger partial charge on any atom is 0.190 e. The number of hydrogen-bond donors (Lipinski definition) is 1. The van der Waals surface area contributed by atoms with Crippen LogP contribution in [0.2, 0.25) is 0 Å². The molecule has 17 heavy (non-hydrogen) atoms. The largest absolute Gasteiger partial charge is 0.367 e. The maximum atomic E-state index is 12.4. The van der Waals surface area contributed by atoms with Crippen molar-refractivity contribution in [3.63, 3.8) is 0 Å². The van der Waals surface area contributed by atoms with E-state index >= 15 is 0 Å². The van der Waals surface area contributed by atoms with E-state index < -0.39 is 6.01 Å². The third kappa shape index (κ3) is 3.10. The van der Waals surface area contributed by atoms with Gasteiger partial charge in [-0.15, -0.1) is 0 Å². The van der Waals surface area contributed by atoms with Crippen molar-refractivity contribution < 1.29 is 9.18 Å². The zero-order chi connectivity index (χ0) is 12.3. The van der Waals surface area contributed by atoms with Crippen molar-refractivity contribution in [2.45, 2.75) is 29.1 Å². The molecule has 0 atom stereocenters. The van der Waals surface area contributed by atoms with Crippen LogP contribution in [0.4, 0.5) is 10.2 Å². The van der Waals surface area contributed by atoms with Crippen LogP contribution in [0.1, 0.15) is 23.2 Å². The van der Waals surface area contributed by atoms with E-state index in [1.165, 1.54) is 11.8 Å². The second-order valence-corrected chi connectivity index (χ2v) is 5.23. The summed E-state index contributed by atoms with van der Waals surface area (Å²) in [4.78, 5) is 19.5. The second kappa shape index (κ2) is 5.68. The minimum atomic E-state index is -0.603. The molecule has 0 aliphatic heterocycles. The van der Waals surface area contributed by atoms with Gasteiger partial charge in [0.05, 0.1) is 5.56 Å². The molecule has 1 aromatic heterocycles. The Morgan fingerprint density at radius 3 is 2.82 bits per heavy atom. The zero-order valence-corrected chi connectivity index (χ0v) is 10.9. The Morgan fingerprint density at radius 2 is 2.29 bits per heavy atom. The lowest BCUT2D eigenvalue weighted by Crippen LogP contribution is -2.09. The molecule has 1 heterocycles. The van der Waals surface area contributed by atoms with E-state index in [0.717, 1.165) is 24.6 Å². The fourth-order valence-electron chi connectivity index (χ4n) is 1.32. The van der Waals surface area contributed by atoms with Crippen LogP contribution in [0.15, 0.2) is 10.2 Å². The number of anilines is 1. The SMILES string of the molecule is CSc1nc(NC2CC2)c(C=O)c(SCF)n1. The summed E-state index contributed by atoms with van der Waals surface area (Å²) in [6, 6.07) is -0.212. The van der Waals surface area contributed by atoms with Gasteiger partial charge in [0.2, 0.25) is 0 Å². The molecular formula is C10H12FN3OS2.